The van der Waals surface area contributed by atoms with Crippen molar-refractivity contribution in [2.75, 3.05) is 13.7 Å². The Kier molecular flexibility index (Phi) is 5.10. The molecule has 0 aliphatic rings. The second-order valence-electron chi connectivity index (χ2n) is 4.43. The minimum atomic E-state index is -0.396. The number of nitrogens with zero attached hydrogens (tertiary/aromatic N) is 3. The van der Waals surface area contributed by atoms with E-state index in [-0.39, 0.29) is 17.1 Å². The molecule has 18 heavy (non-hydrogen) atoms. The van der Waals surface area contributed by atoms with Gasteiger partial charge in [-0.2, -0.15) is 5.10 Å². The Morgan fingerprint density at radius 3 is 2.61 bits per heavy atom. The summed E-state index contributed by atoms with van der Waals surface area (Å²) in [6.45, 7) is 5.85. The van der Waals surface area contributed by atoms with Gasteiger partial charge in [-0.15, -0.1) is 11.6 Å². The summed E-state index contributed by atoms with van der Waals surface area (Å²) >= 11 is 6.09. The van der Waals surface area contributed by atoms with Crippen molar-refractivity contribution in [1.29, 1.82) is 0 Å². The molecule has 1 aromatic rings. The molecule has 0 radical (unpaired) electrons. The van der Waals surface area contributed by atoms with E-state index < -0.39 is 4.92 Å². The fourth-order valence-corrected chi connectivity index (χ4v) is 2.16. The second-order valence-corrected chi connectivity index (χ2v) is 5.05. The van der Waals surface area contributed by atoms with Crippen LogP contribution in [0.15, 0.2) is 0 Å². The summed E-state index contributed by atoms with van der Waals surface area (Å²) < 4.78 is 6.62. The zero-order valence-corrected chi connectivity index (χ0v) is 11.8. The van der Waals surface area contributed by atoms with E-state index in [0.717, 1.165) is 0 Å². The molecule has 6 nitrogen and oxygen atoms in total. The molecule has 0 aliphatic heterocycles. The van der Waals surface area contributed by atoms with Crippen LogP contribution in [0.25, 0.3) is 0 Å². The SMILES string of the molecule is COCC(Cl)Cc1c([N+](=O)[O-])c(C)nn1C(C)C. The van der Waals surface area contributed by atoms with Crippen molar-refractivity contribution < 1.29 is 9.66 Å². The Bertz CT molecular complexity index is 431. The maximum Gasteiger partial charge on any atom is 0.313 e. The van der Waals surface area contributed by atoms with E-state index in [2.05, 4.69) is 5.10 Å². The monoisotopic (exact) mass is 275 g/mol. The summed E-state index contributed by atoms with van der Waals surface area (Å²) in [6, 6.07) is 0.0545. The Balaban J connectivity index is 3.15. The lowest BCUT2D eigenvalue weighted by molar-refractivity contribution is -0.386. The third kappa shape index (κ3) is 3.20. The average molecular weight is 276 g/mol. The van der Waals surface area contributed by atoms with Gasteiger partial charge in [0.2, 0.25) is 0 Å². The standard InChI is InChI=1S/C11H18ClN3O3/c1-7(2)14-10(5-9(12)6-18-4)11(15(16)17)8(3)13-14/h7,9H,5-6H2,1-4H3. The third-order valence-electron chi connectivity index (χ3n) is 2.58. The van der Waals surface area contributed by atoms with Crippen LogP contribution in [0.1, 0.15) is 31.3 Å². The van der Waals surface area contributed by atoms with E-state index in [1.165, 1.54) is 0 Å². The van der Waals surface area contributed by atoms with Crippen LogP contribution in [0, 0.1) is 17.0 Å². The van der Waals surface area contributed by atoms with Gasteiger partial charge in [0.1, 0.15) is 11.4 Å². The van der Waals surface area contributed by atoms with Gasteiger partial charge in [-0.3, -0.25) is 14.8 Å². The number of halogens is 1. The highest BCUT2D eigenvalue weighted by Gasteiger charge is 2.27. The summed E-state index contributed by atoms with van der Waals surface area (Å²) in [5, 5.41) is 15.0. The number of nitro groups is 1. The first-order valence-corrected chi connectivity index (χ1v) is 6.17. The van der Waals surface area contributed by atoms with Crippen molar-refractivity contribution in [3.05, 3.63) is 21.5 Å². The Morgan fingerprint density at radius 2 is 2.17 bits per heavy atom. The largest absolute Gasteiger partial charge is 0.383 e. The average Bonchev–Trinajstić information content (AvgIpc) is 2.55. The van der Waals surface area contributed by atoms with Crippen molar-refractivity contribution in [2.24, 2.45) is 0 Å². The van der Waals surface area contributed by atoms with Crippen molar-refractivity contribution in [2.45, 2.75) is 38.6 Å². The number of methoxy groups -OCH3 is 1. The Morgan fingerprint density at radius 1 is 1.56 bits per heavy atom. The lowest BCUT2D eigenvalue weighted by atomic mass is 10.2. The zero-order valence-electron chi connectivity index (χ0n) is 11.0. The first kappa shape index (κ1) is 14.9. The van der Waals surface area contributed by atoms with Gasteiger partial charge >= 0.3 is 5.69 Å². The second kappa shape index (κ2) is 6.15. The van der Waals surface area contributed by atoms with Crippen LogP contribution < -0.4 is 0 Å². The number of aryl methyl sites for hydroxylation is 1. The van der Waals surface area contributed by atoms with Gasteiger partial charge in [0.15, 0.2) is 0 Å². The van der Waals surface area contributed by atoms with Gasteiger partial charge in [0.05, 0.1) is 16.9 Å². The van der Waals surface area contributed by atoms with Crippen molar-refractivity contribution >= 4 is 17.3 Å². The van der Waals surface area contributed by atoms with Gasteiger partial charge in [-0.05, 0) is 20.8 Å². The minimum absolute atomic E-state index is 0.0545. The Hall–Kier alpha value is -1.14. The molecule has 0 saturated carbocycles. The van der Waals surface area contributed by atoms with Gasteiger partial charge in [0.25, 0.3) is 0 Å². The molecule has 1 rings (SSSR count). The van der Waals surface area contributed by atoms with Crippen LogP contribution in [-0.4, -0.2) is 33.8 Å². The summed E-state index contributed by atoms with van der Waals surface area (Å²) in [6.07, 6.45) is 0.366. The lowest BCUT2D eigenvalue weighted by Crippen LogP contribution is -2.16. The summed E-state index contributed by atoms with van der Waals surface area (Å²) in [7, 11) is 1.55. The van der Waals surface area contributed by atoms with Crippen LogP contribution in [0.2, 0.25) is 0 Å². The molecule has 0 N–H and O–H groups in total. The smallest absolute Gasteiger partial charge is 0.313 e. The summed E-state index contributed by atoms with van der Waals surface area (Å²) in [4.78, 5) is 10.7. The predicted octanol–water partition coefficient (Wildman–Crippen LogP) is 2.48. The van der Waals surface area contributed by atoms with E-state index in [4.69, 9.17) is 16.3 Å². The van der Waals surface area contributed by atoms with E-state index >= 15 is 0 Å². The number of ether oxygens (including phenoxy) is 1. The van der Waals surface area contributed by atoms with Crippen molar-refractivity contribution in [3.8, 4) is 0 Å². The van der Waals surface area contributed by atoms with E-state index in [1.54, 1.807) is 18.7 Å². The molecule has 0 aliphatic carbocycles. The number of hydrogen-bond acceptors (Lipinski definition) is 4. The number of rotatable bonds is 6. The zero-order chi connectivity index (χ0) is 13.9. The minimum Gasteiger partial charge on any atom is -0.383 e. The molecule has 1 atom stereocenters. The molecule has 1 heterocycles. The lowest BCUT2D eigenvalue weighted by Gasteiger charge is -2.12. The molecular formula is C11H18ClN3O3. The highest BCUT2D eigenvalue weighted by molar-refractivity contribution is 6.20. The number of hydrogen-bond donors (Lipinski definition) is 0. The quantitative estimate of drug-likeness (QED) is 0.454. The molecule has 7 heteroatoms. The predicted molar refractivity (Wildman–Crippen MR) is 69.2 cm³/mol. The molecule has 0 fully saturated rings. The van der Waals surface area contributed by atoms with Crippen molar-refractivity contribution in [3.63, 3.8) is 0 Å². The molecule has 0 spiro atoms. The van der Waals surface area contributed by atoms with E-state index in [1.807, 2.05) is 13.8 Å². The molecule has 1 aromatic heterocycles. The molecular weight excluding hydrogens is 258 g/mol. The number of alkyl halides is 1. The van der Waals surface area contributed by atoms with Crippen LogP contribution in [0.3, 0.4) is 0 Å². The van der Waals surface area contributed by atoms with Crippen LogP contribution in [-0.2, 0) is 11.2 Å². The van der Waals surface area contributed by atoms with Crippen LogP contribution in [0.4, 0.5) is 5.69 Å². The van der Waals surface area contributed by atoms with Crippen LogP contribution in [0.5, 0.6) is 0 Å². The first-order valence-electron chi connectivity index (χ1n) is 5.73. The third-order valence-corrected chi connectivity index (χ3v) is 2.86. The maximum atomic E-state index is 11.1. The summed E-state index contributed by atoms with van der Waals surface area (Å²) in [5.41, 5.74) is 1.04. The molecule has 1 unspecified atom stereocenters. The van der Waals surface area contributed by atoms with Crippen LogP contribution >= 0.6 is 11.6 Å². The van der Waals surface area contributed by atoms with Gasteiger partial charge in [0, 0.05) is 19.6 Å². The summed E-state index contributed by atoms with van der Waals surface area (Å²) in [5.74, 6) is 0. The van der Waals surface area contributed by atoms with Gasteiger partial charge in [-0.25, -0.2) is 0 Å². The fraction of sp³-hybridized carbons (Fsp3) is 0.727. The van der Waals surface area contributed by atoms with E-state index in [0.29, 0.717) is 24.4 Å². The molecule has 0 amide bonds. The normalized spacial score (nSPS) is 13.0. The highest BCUT2D eigenvalue weighted by Crippen LogP contribution is 2.27. The highest BCUT2D eigenvalue weighted by atomic mass is 35.5. The van der Waals surface area contributed by atoms with Gasteiger partial charge < -0.3 is 4.74 Å². The molecule has 0 bridgehead atoms. The fourth-order valence-electron chi connectivity index (χ4n) is 1.89. The topological polar surface area (TPSA) is 70.2 Å². The molecule has 0 aromatic carbocycles. The Labute approximate surface area is 111 Å². The number of aromatic nitrogens is 2. The maximum absolute atomic E-state index is 11.1. The molecule has 0 saturated heterocycles. The van der Waals surface area contributed by atoms with E-state index in [9.17, 15) is 10.1 Å². The molecule has 102 valence electrons. The van der Waals surface area contributed by atoms with Gasteiger partial charge in [-0.1, -0.05) is 0 Å². The van der Waals surface area contributed by atoms with Crippen molar-refractivity contribution in [1.82, 2.24) is 9.78 Å². The first-order chi connectivity index (χ1) is 8.38.